The quantitative estimate of drug-likeness (QED) is 0.441. The number of carbonyl (C=O) groups excluding carboxylic acids is 1. The lowest BCUT2D eigenvalue weighted by molar-refractivity contribution is -0.123. The van der Waals surface area contributed by atoms with Gasteiger partial charge in [-0.25, -0.2) is 5.43 Å². The maximum atomic E-state index is 11.7. The van der Waals surface area contributed by atoms with E-state index in [0.29, 0.717) is 5.75 Å². The van der Waals surface area contributed by atoms with E-state index in [4.69, 9.17) is 9.47 Å². The van der Waals surface area contributed by atoms with Gasteiger partial charge in [0.15, 0.2) is 6.61 Å². The molecule has 0 radical (unpaired) electrons. The zero-order chi connectivity index (χ0) is 16.7. The summed E-state index contributed by atoms with van der Waals surface area (Å²) < 4.78 is 11.5. The van der Waals surface area contributed by atoms with E-state index in [9.17, 15) is 4.79 Å². The SMILES string of the molecule is COc1ccc(OCC(=O)N/N=C\c2ccccc2C)c(I)c1. The summed E-state index contributed by atoms with van der Waals surface area (Å²) in [6.45, 7) is 1.88. The van der Waals surface area contributed by atoms with Crippen LogP contribution in [0.3, 0.4) is 0 Å². The number of methoxy groups -OCH3 is 1. The number of carbonyl (C=O) groups is 1. The fourth-order valence-electron chi connectivity index (χ4n) is 1.81. The molecule has 0 aliphatic rings. The van der Waals surface area contributed by atoms with E-state index < -0.39 is 0 Å². The number of ether oxygens (including phenoxy) is 2. The molecule has 0 saturated heterocycles. The first-order valence-corrected chi connectivity index (χ1v) is 8.02. The summed E-state index contributed by atoms with van der Waals surface area (Å²) >= 11 is 2.13. The summed E-state index contributed by atoms with van der Waals surface area (Å²) in [6.07, 6.45) is 1.62. The Morgan fingerprint density at radius 2 is 2.09 bits per heavy atom. The van der Waals surface area contributed by atoms with Gasteiger partial charge < -0.3 is 9.47 Å². The molecule has 2 aromatic carbocycles. The number of benzene rings is 2. The van der Waals surface area contributed by atoms with Crippen LogP contribution in [0.5, 0.6) is 11.5 Å². The third-order valence-electron chi connectivity index (χ3n) is 3.08. The summed E-state index contributed by atoms with van der Waals surface area (Å²) in [5.74, 6) is 1.06. The molecule has 0 spiro atoms. The van der Waals surface area contributed by atoms with Gasteiger partial charge in [-0.2, -0.15) is 5.10 Å². The molecule has 0 aliphatic heterocycles. The Labute approximate surface area is 148 Å². The van der Waals surface area contributed by atoms with E-state index in [1.807, 2.05) is 37.3 Å². The predicted octanol–water partition coefficient (Wildman–Crippen LogP) is 3.14. The van der Waals surface area contributed by atoms with Crippen LogP contribution in [0.4, 0.5) is 0 Å². The van der Waals surface area contributed by atoms with Crippen molar-refractivity contribution in [2.45, 2.75) is 6.92 Å². The van der Waals surface area contributed by atoms with Crippen molar-refractivity contribution in [3.8, 4) is 11.5 Å². The third-order valence-corrected chi connectivity index (χ3v) is 3.92. The maximum absolute atomic E-state index is 11.7. The van der Waals surface area contributed by atoms with Crippen LogP contribution >= 0.6 is 22.6 Å². The maximum Gasteiger partial charge on any atom is 0.277 e. The Bertz CT molecular complexity index is 717. The smallest absolute Gasteiger partial charge is 0.277 e. The number of hydrogen-bond acceptors (Lipinski definition) is 4. The number of nitrogens with zero attached hydrogens (tertiary/aromatic N) is 1. The van der Waals surface area contributed by atoms with E-state index >= 15 is 0 Å². The molecule has 0 aromatic heterocycles. The molecule has 2 aromatic rings. The van der Waals surface area contributed by atoms with Gasteiger partial charge in [0.1, 0.15) is 11.5 Å². The Balaban J connectivity index is 1.85. The molecule has 0 bridgehead atoms. The molecule has 0 atom stereocenters. The predicted molar refractivity (Wildman–Crippen MR) is 98.1 cm³/mol. The average molecular weight is 424 g/mol. The van der Waals surface area contributed by atoms with Crippen molar-refractivity contribution in [2.24, 2.45) is 5.10 Å². The third kappa shape index (κ3) is 5.24. The second-order valence-corrected chi connectivity index (χ2v) is 5.90. The van der Waals surface area contributed by atoms with E-state index in [1.165, 1.54) is 0 Å². The summed E-state index contributed by atoms with van der Waals surface area (Å²) in [6, 6.07) is 13.2. The van der Waals surface area contributed by atoms with Crippen molar-refractivity contribution < 1.29 is 14.3 Å². The number of amides is 1. The Hall–Kier alpha value is -2.09. The Kier molecular flexibility index (Phi) is 6.40. The van der Waals surface area contributed by atoms with Crippen molar-refractivity contribution in [3.63, 3.8) is 0 Å². The minimum atomic E-state index is -0.318. The largest absolute Gasteiger partial charge is 0.497 e. The van der Waals surface area contributed by atoms with Gasteiger partial charge in [-0.15, -0.1) is 0 Å². The van der Waals surface area contributed by atoms with E-state index in [-0.39, 0.29) is 12.5 Å². The van der Waals surface area contributed by atoms with Crippen molar-refractivity contribution in [1.82, 2.24) is 5.43 Å². The fraction of sp³-hybridized carbons (Fsp3) is 0.176. The lowest BCUT2D eigenvalue weighted by atomic mass is 10.1. The monoisotopic (exact) mass is 424 g/mol. The number of hydrogen-bond donors (Lipinski definition) is 1. The summed E-state index contributed by atoms with van der Waals surface area (Å²) in [5.41, 5.74) is 4.50. The highest BCUT2D eigenvalue weighted by Gasteiger charge is 2.06. The zero-order valence-electron chi connectivity index (χ0n) is 12.9. The molecule has 5 nitrogen and oxygen atoms in total. The summed E-state index contributed by atoms with van der Waals surface area (Å²) in [4.78, 5) is 11.7. The van der Waals surface area contributed by atoms with E-state index in [1.54, 1.807) is 25.5 Å². The minimum absolute atomic E-state index is 0.104. The van der Waals surface area contributed by atoms with Gasteiger partial charge in [-0.1, -0.05) is 24.3 Å². The van der Waals surface area contributed by atoms with Crippen molar-refractivity contribution in [3.05, 3.63) is 57.2 Å². The molecule has 1 N–H and O–H groups in total. The fourth-order valence-corrected chi connectivity index (χ4v) is 2.45. The van der Waals surface area contributed by atoms with Crippen LogP contribution in [0.25, 0.3) is 0 Å². The number of hydrazone groups is 1. The first kappa shape index (κ1) is 17.3. The van der Waals surface area contributed by atoms with Crippen LogP contribution in [0.15, 0.2) is 47.6 Å². The van der Waals surface area contributed by atoms with Crippen LogP contribution in [0, 0.1) is 10.5 Å². The summed E-state index contributed by atoms with van der Waals surface area (Å²) in [5, 5.41) is 3.94. The van der Waals surface area contributed by atoms with Crippen LogP contribution < -0.4 is 14.9 Å². The molecule has 2 rings (SSSR count). The highest BCUT2D eigenvalue weighted by atomic mass is 127. The molecule has 23 heavy (non-hydrogen) atoms. The van der Waals surface area contributed by atoms with Gasteiger partial charge in [0.25, 0.3) is 5.91 Å². The van der Waals surface area contributed by atoms with Gasteiger partial charge >= 0.3 is 0 Å². The lowest BCUT2D eigenvalue weighted by Gasteiger charge is -2.08. The van der Waals surface area contributed by atoms with Crippen LogP contribution in [0.1, 0.15) is 11.1 Å². The second kappa shape index (κ2) is 8.52. The van der Waals surface area contributed by atoms with Crippen molar-refractivity contribution in [2.75, 3.05) is 13.7 Å². The second-order valence-electron chi connectivity index (χ2n) is 4.73. The number of nitrogens with one attached hydrogen (secondary N) is 1. The molecule has 0 fully saturated rings. The minimum Gasteiger partial charge on any atom is -0.497 e. The lowest BCUT2D eigenvalue weighted by Crippen LogP contribution is -2.24. The molecular formula is C17H17IN2O3. The molecular weight excluding hydrogens is 407 g/mol. The molecule has 0 heterocycles. The standard InChI is InChI=1S/C17H17IN2O3/c1-12-5-3-4-6-13(12)10-19-20-17(21)11-23-16-8-7-14(22-2)9-15(16)18/h3-10H,11H2,1-2H3,(H,20,21)/b19-10-. The number of halogens is 1. The number of rotatable bonds is 6. The van der Waals surface area contributed by atoms with Gasteiger partial charge in [0.05, 0.1) is 16.9 Å². The van der Waals surface area contributed by atoms with Gasteiger partial charge in [0.2, 0.25) is 0 Å². The molecule has 0 aliphatic carbocycles. The van der Waals surface area contributed by atoms with E-state index in [2.05, 4.69) is 33.1 Å². The van der Waals surface area contributed by atoms with Gasteiger partial charge in [-0.3, -0.25) is 4.79 Å². The highest BCUT2D eigenvalue weighted by Crippen LogP contribution is 2.25. The molecule has 120 valence electrons. The first-order chi connectivity index (χ1) is 11.1. The number of aryl methyl sites for hydroxylation is 1. The Morgan fingerprint density at radius 3 is 2.78 bits per heavy atom. The van der Waals surface area contributed by atoms with Gasteiger partial charge in [-0.05, 0) is 58.8 Å². The first-order valence-electron chi connectivity index (χ1n) is 6.94. The van der Waals surface area contributed by atoms with Crippen LogP contribution in [-0.4, -0.2) is 25.8 Å². The van der Waals surface area contributed by atoms with Crippen LogP contribution in [-0.2, 0) is 4.79 Å². The molecule has 6 heteroatoms. The zero-order valence-corrected chi connectivity index (χ0v) is 15.0. The van der Waals surface area contributed by atoms with Crippen molar-refractivity contribution in [1.29, 1.82) is 0 Å². The van der Waals surface area contributed by atoms with Gasteiger partial charge in [0, 0.05) is 0 Å². The normalized spacial score (nSPS) is 10.6. The van der Waals surface area contributed by atoms with E-state index in [0.717, 1.165) is 20.4 Å². The molecule has 0 saturated carbocycles. The van der Waals surface area contributed by atoms with Crippen molar-refractivity contribution >= 4 is 34.7 Å². The average Bonchev–Trinajstić information content (AvgIpc) is 2.55. The topological polar surface area (TPSA) is 59.9 Å². The summed E-state index contributed by atoms with van der Waals surface area (Å²) in [7, 11) is 1.60. The molecule has 1 amide bonds. The van der Waals surface area contributed by atoms with Crippen LogP contribution in [0.2, 0.25) is 0 Å². The highest BCUT2D eigenvalue weighted by molar-refractivity contribution is 14.1. The molecule has 0 unspecified atom stereocenters. The Morgan fingerprint density at radius 1 is 1.30 bits per heavy atom.